The van der Waals surface area contributed by atoms with Crippen LogP contribution >= 0.6 is 11.3 Å². The molecule has 1 aliphatic rings. The Morgan fingerprint density at radius 3 is 2.48 bits per heavy atom. The minimum Gasteiger partial charge on any atom is -0.335 e. The average Bonchev–Trinajstić information content (AvgIpc) is 3.66. The second-order valence-corrected chi connectivity index (χ2v) is 11.5. The number of pyridine rings is 1. The van der Waals surface area contributed by atoms with E-state index in [-0.39, 0.29) is 23.9 Å². The SMILES string of the molecule is CC(=O)Nc1ccc2sc(-c3ccnc(C(=O)N4CCN(C(c5ccccc5)c5nnn(C(C)C)n5)CC4)c3)nc2c1. The molecule has 42 heavy (non-hydrogen) atoms. The number of fused-ring (bicyclic) bond motifs is 1. The minimum atomic E-state index is -0.150. The van der Waals surface area contributed by atoms with Gasteiger partial charge >= 0.3 is 0 Å². The molecule has 6 rings (SSSR count). The number of carbonyl (C=O) groups excluding carboxylic acids is 2. The van der Waals surface area contributed by atoms with Crippen molar-refractivity contribution < 1.29 is 9.59 Å². The van der Waals surface area contributed by atoms with E-state index in [4.69, 9.17) is 4.98 Å². The molecule has 1 atom stereocenters. The maximum absolute atomic E-state index is 13.5. The summed E-state index contributed by atoms with van der Waals surface area (Å²) in [5.41, 5.74) is 3.80. The van der Waals surface area contributed by atoms with Gasteiger partial charge in [0, 0.05) is 50.6 Å². The van der Waals surface area contributed by atoms with Crippen molar-refractivity contribution in [2.75, 3.05) is 31.5 Å². The number of nitrogens with zero attached hydrogens (tertiary/aromatic N) is 8. The van der Waals surface area contributed by atoms with Crippen molar-refractivity contribution in [3.63, 3.8) is 0 Å². The second kappa shape index (κ2) is 11.7. The third-order valence-electron chi connectivity index (χ3n) is 7.17. The number of nitrogens with one attached hydrogen (secondary N) is 1. The van der Waals surface area contributed by atoms with Crippen LogP contribution in [0.3, 0.4) is 0 Å². The number of piperazine rings is 1. The van der Waals surface area contributed by atoms with Gasteiger partial charge in [-0.3, -0.25) is 19.5 Å². The van der Waals surface area contributed by atoms with E-state index in [1.165, 1.54) is 18.3 Å². The molecule has 1 aliphatic heterocycles. The van der Waals surface area contributed by atoms with Crippen LogP contribution < -0.4 is 5.32 Å². The molecule has 2 aromatic carbocycles. The molecule has 2 amide bonds. The van der Waals surface area contributed by atoms with Gasteiger partial charge in [0.2, 0.25) is 5.91 Å². The fourth-order valence-electron chi connectivity index (χ4n) is 5.08. The highest BCUT2D eigenvalue weighted by molar-refractivity contribution is 7.21. The Hall–Kier alpha value is -4.55. The summed E-state index contributed by atoms with van der Waals surface area (Å²) in [6.45, 7) is 7.96. The Morgan fingerprint density at radius 1 is 0.976 bits per heavy atom. The smallest absolute Gasteiger partial charge is 0.272 e. The molecule has 214 valence electrons. The molecule has 0 spiro atoms. The van der Waals surface area contributed by atoms with Crippen LogP contribution in [-0.4, -0.2) is 78.0 Å². The van der Waals surface area contributed by atoms with E-state index >= 15 is 0 Å². The predicted molar refractivity (Wildman–Crippen MR) is 161 cm³/mol. The van der Waals surface area contributed by atoms with Gasteiger partial charge in [0.1, 0.15) is 10.7 Å². The molecule has 12 heteroatoms. The van der Waals surface area contributed by atoms with Gasteiger partial charge in [0.05, 0.1) is 22.3 Å². The molecule has 1 N–H and O–H groups in total. The quantitative estimate of drug-likeness (QED) is 0.300. The number of tetrazole rings is 1. The van der Waals surface area contributed by atoms with Crippen molar-refractivity contribution in [3.05, 3.63) is 83.9 Å². The van der Waals surface area contributed by atoms with Crippen LogP contribution in [0.4, 0.5) is 5.69 Å². The first kappa shape index (κ1) is 27.6. The molecular weight excluding hydrogens is 550 g/mol. The third kappa shape index (κ3) is 5.76. The van der Waals surface area contributed by atoms with Gasteiger partial charge in [-0.05, 0) is 55.0 Å². The first-order valence-corrected chi connectivity index (χ1v) is 14.7. The number of carbonyl (C=O) groups is 2. The molecule has 0 bridgehead atoms. The summed E-state index contributed by atoms with van der Waals surface area (Å²) in [6.07, 6.45) is 1.66. The molecule has 0 aliphatic carbocycles. The van der Waals surface area contributed by atoms with E-state index in [0.29, 0.717) is 43.4 Å². The fourth-order valence-corrected chi connectivity index (χ4v) is 6.02. The summed E-state index contributed by atoms with van der Waals surface area (Å²) in [7, 11) is 0. The van der Waals surface area contributed by atoms with Crippen LogP contribution in [0.1, 0.15) is 54.7 Å². The number of thiazole rings is 1. The Morgan fingerprint density at radius 2 is 1.76 bits per heavy atom. The summed E-state index contributed by atoms with van der Waals surface area (Å²) in [5, 5.41) is 16.9. The molecule has 1 saturated heterocycles. The van der Waals surface area contributed by atoms with E-state index < -0.39 is 0 Å². The zero-order chi connectivity index (χ0) is 29.2. The molecule has 4 heterocycles. The number of hydrogen-bond donors (Lipinski definition) is 1. The maximum Gasteiger partial charge on any atom is 0.272 e. The number of hydrogen-bond acceptors (Lipinski definition) is 9. The van der Waals surface area contributed by atoms with Crippen molar-refractivity contribution >= 4 is 39.1 Å². The van der Waals surface area contributed by atoms with E-state index in [1.807, 2.05) is 67.3 Å². The van der Waals surface area contributed by atoms with Gasteiger partial charge in [0.25, 0.3) is 5.91 Å². The first-order valence-electron chi connectivity index (χ1n) is 13.9. The van der Waals surface area contributed by atoms with E-state index in [1.54, 1.807) is 11.0 Å². The minimum absolute atomic E-state index is 0.106. The molecule has 1 unspecified atom stereocenters. The van der Waals surface area contributed by atoms with Gasteiger partial charge in [0.15, 0.2) is 5.82 Å². The van der Waals surface area contributed by atoms with Crippen molar-refractivity contribution in [2.45, 2.75) is 32.9 Å². The first-order chi connectivity index (χ1) is 20.4. The third-order valence-corrected chi connectivity index (χ3v) is 8.25. The number of aromatic nitrogens is 6. The Kier molecular flexibility index (Phi) is 7.72. The lowest BCUT2D eigenvalue weighted by atomic mass is 10.0. The molecule has 1 fully saturated rings. The highest BCUT2D eigenvalue weighted by atomic mass is 32.1. The van der Waals surface area contributed by atoms with Crippen LogP contribution in [0.5, 0.6) is 0 Å². The highest BCUT2D eigenvalue weighted by Gasteiger charge is 2.32. The van der Waals surface area contributed by atoms with Crippen LogP contribution in [0, 0.1) is 0 Å². The lowest BCUT2D eigenvalue weighted by Crippen LogP contribution is -2.50. The zero-order valence-electron chi connectivity index (χ0n) is 23.6. The van der Waals surface area contributed by atoms with Crippen molar-refractivity contribution in [1.29, 1.82) is 0 Å². The average molecular weight is 582 g/mol. The van der Waals surface area contributed by atoms with E-state index in [0.717, 1.165) is 26.4 Å². The van der Waals surface area contributed by atoms with Crippen molar-refractivity contribution in [3.8, 4) is 10.6 Å². The molecule has 0 saturated carbocycles. The van der Waals surface area contributed by atoms with E-state index in [2.05, 4.69) is 42.7 Å². The van der Waals surface area contributed by atoms with Gasteiger partial charge in [-0.25, -0.2) is 4.98 Å². The van der Waals surface area contributed by atoms with Gasteiger partial charge in [-0.2, -0.15) is 4.80 Å². The van der Waals surface area contributed by atoms with Crippen molar-refractivity contribution in [2.24, 2.45) is 0 Å². The highest BCUT2D eigenvalue weighted by Crippen LogP contribution is 2.32. The van der Waals surface area contributed by atoms with Gasteiger partial charge < -0.3 is 10.2 Å². The van der Waals surface area contributed by atoms with Crippen LogP contribution in [0.25, 0.3) is 20.8 Å². The standard InChI is InChI=1S/C30H31N9O2S/c1-19(2)39-35-28(34-36-39)27(21-7-5-4-6-8-21)37-13-15-38(16-14-37)30(41)25-17-22(11-12-31-25)29-33-24-18-23(32-20(3)40)9-10-26(24)42-29/h4-12,17-19,27H,13-16H2,1-3H3,(H,32,40). The summed E-state index contributed by atoms with van der Waals surface area (Å²) in [6, 6.07) is 19.5. The van der Waals surface area contributed by atoms with Crippen LogP contribution in [-0.2, 0) is 4.79 Å². The number of anilines is 1. The van der Waals surface area contributed by atoms with Crippen molar-refractivity contribution in [1.82, 2.24) is 40.0 Å². The largest absolute Gasteiger partial charge is 0.335 e. The summed E-state index contributed by atoms with van der Waals surface area (Å²) in [5.74, 6) is 0.420. The summed E-state index contributed by atoms with van der Waals surface area (Å²) >= 11 is 1.53. The topological polar surface area (TPSA) is 122 Å². The summed E-state index contributed by atoms with van der Waals surface area (Å²) in [4.78, 5) is 39.9. The van der Waals surface area contributed by atoms with Crippen LogP contribution in [0.2, 0.25) is 0 Å². The summed E-state index contributed by atoms with van der Waals surface area (Å²) < 4.78 is 0.996. The molecule has 0 radical (unpaired) electrons. The maximum atomic E-state index is 13.5. The monoisotopic (exact) mass is 581 g/mol. The molecule has 3 aromatic heterocycles. The number of rotatable bonds is 7. The second-order valence-electron chi connectivity index (χ2n) is 10.5. The Balaban J connectivity index is 1.18. The Labute approximate surface area is 247 Å². The van der Waals surface area contributed by atoms with Gasteiger partial charge in [-0.15, -0.1) is 21.5 Å². The lowest BCUT2D eigenvalue weighted by Gasteiger charge is -2.38. The van der Waals surface area contributed by atoms with E-state index in [9.17, 15) is 9.59 Å². The molecule has 11 nitrogen and oxygen atoms in total. The lowest BCUT2D eigenvalue weighted by molar-refractivity contribution is -0.114. The molecular formula is C30H31N9O2S. The zero-order valence-corrected chi connectivity index (χ0v) is 24.5. The molecule has 5 aromatic rings. The Bertz CT molecular complexity index is 1730. The van der Waals surface area contributed by atoms with Crippen LogP contribution in [0.15, 0.2) is 66.9 Å². The van der Waals surface area contributed by atoms with Gasteiger partial charge in [-0.1, -0.05) is 30.3 Å². The predicted octanol–water partition coefficient (Wildman–Crippen LogP) is 4.43. The number of amides is 2. The number of benzene rings is 2. The fraction of sp³-hybridized carbons (Fsp3) is 0.300. The normalized spacial score (nSPS) is 14.8.